The van der Waals surface area contributed by atoms with Crippen LogP contribution in [-0.4, -0.2) is 45.3 Å². The van der Waals surface area contributed by atoms with Gasteiger partial charge >= 0.3 is 0 Å². The van der Waals surface area contributed by atoms with Gasteiger partial charge in [0.05, 0.1) is 29.7 Å². The summed E-state index contributed by atoms with van der Waals surface area (Å²) in [6.45, 7) is 0.332. The van der Waals surface area contributed by atoms with E-state index in [0.29, 0.717) is 18.5 Å². The molecule has 4 heterocycles. The third-order valence-electron chi connectivity index (χ3n) is 5.80. The van der Waals surface area contributed by atoms with E-state index in [1.807, 2.05) is 35.2 Å². The van der Waals surface area contributed by atoms with Crippen molar-refractivity contribution in [3.8, 4) is 27.6 Å². The Kier molecular flexibility index (Phi) is 4.62. The van der Waals surface area contributed by atoms with Gasteiger partial charge in [-0.1, -0.05) is 6.07 Å². The van der Waals surface area contributed by atoms with Gasteiger partial charge in [-0.2, -0.15) is 0 Å². The summed E-state index contributed by atoms with van der Waals surface area (Å²) in [5.41, 5.74) is 4.07. The number of hydrogen-bond acceptors (Lipinski definition) is 6. The van der Waals surface area contributed by atoms with Crippen LogP contribution >= 0.6 is 11.3 Å². The van der Waals surface area contributed by atoms with Crippen molar-refractivity contribution in [3.63, 3.8) is 0 Å². The molecule has 1 aromatic carbocycles. The number of aromatic nitrogens is 2. The minimum absolute atomic E-state index is 0.183. The van der Waals surface area contributed by atoms with Gasteiger partial charge in [0, 0.05) is 31.1 Å². The number of hydrogen-bond donors (Lipinski definition) is 1. The third-order valence-corrected chi connectivity index (χ3v) is 6.70. The van der Waals surface area contributed by atoms with Crippen molar-refractivity contribution in [2.45, 2.75) is 25.4 Å². The predicted octanol–water partition coefficient (Wildman–Crippen LogP) is 2.59. The lowest BCUT2D eigenvalue weighted by atomic mass is 10.0. The average molecular weight is 436 g/mol. The number of aryl methyl sites for hydroxylation is 1. The first-order chi connectivity index (χ1) is 15.0. The molecule has 0 radical (unpaired) electrons. The second-order valence-electron chi connectivity index (χ2n) is 7.64. The minimum Gasteiger partial charge on any atom is -0.495 e. The van der Waals surface area contributed by atoms with Gasteiger partial charge in [-0.3, -0.25) is 19.7 Å². The van der Waals surface area contributed by atoms with Crippen LogP contribution in [0.5, 0.6) is 5.75 Å². The zero-order valence-corrected chi connectivity index (χ0v) is 17.9. The lowest BCUT2D eigenvalue weighted by molar-refractivity contribution is -0.136. The SMILES string of the molecule is COc1ccsc1-c1c(-c2ccc3c(c2)CN([C@H]2CCC(=O)NC2=O)C3=O)ncn1C. The molecular weight excluding hydrogens is 416 g/mol. The van der Waals surface area contributed by atoms with Crippen LogP contribution in [0.2, 0.25) is 0 Å². The molecule has 0 spiro atoms. The van der Waals surface area contributed by atoms with Crippen LogP contribution < -0.4 is 10.1 Å². The van der Waals surface area contributed by atoms with Crippen LogP contribution in [-0.2, 0) is 23.2 Å². The molecule has 2 aliphatic heterocycles. The highest BCUT2D eigenvalue weighted by Crippen LogP contribution is 2.41. The standard InChI is InChI=1S/C22H20N4O4S/c1-25-11-23-18(19(25)20-16(30-2)7-8-31-20)12-3-4-14-13(9-12)10-26(22(14)29)15-5-6-17(27)24-21(15)28/h3-4,7-9,11,15H,5-6,10H2,1-2H3,(H,24,27,28)/t15-/m0/s1. The van der Waals surface area contributed by atoms with E-state index in [9.17, 15) is 14.4 Å². The van der Waals surface area contributed by atoms with Crippen molar-refractivity contribution in [1.29, 1.82) is 0 Å². The summed E-state index contributed by atoms with van der Waals surface area (Å²) in [5.74, 6) is -0.0961. The average Bonchev–Trinajstić information content (AvgIpc) is 3.45. The number of imide groups is 1. The Hall–Kier alpha value is -3.46. The van der Waals surface area contributed by atoms with Crippen molar-refractivity contribution in [3.05, 3.63) is 47.1 Å². The maximum Gasteiger partial charge on any atom is 0.255 e. The van der Waals surface area contributed by atoms with Gasteiger partial charge in [-0.05, 0) is 35.6 Å². The van der Waals surface area contributed by atoms with E-state index < -0.39 is 11.9 Å². The van der Waals surface area contributed by atoms with Crippen molar-refractivity contribution in [2.75, 3.05) is 7.11 Å². The molecular formula is C22H20N4O4S. The van der Waals surface area contributed by atoms with Gasteiger partial charge in [0.2, 0.25) is 11.8 Å². The highest BCUT2D eigenvalue weighted by molar-refractivity contribution is 7.14. The summed E-state index contributed by atoms with van der Waals surface area (Å²) >= 11 is 1.58. The largest absolute Gasteiger partial charge is 0.495 e. The Bertz CT molecular complexity index is 1230. The zero-order chi connectivity index (χ0) is 21.7. The first-order valence-electron chi connectivity index (χ1n) is 9.89. The maximum absolute atomic E-state index is 12.9. The van der Waals surface area contributed by atoms with E-state index in [-0.39, 0.29) is 18.2 Å². The number of ether oxygens (including phenoxy) is 1. The number of nitrogens with zero attached hydrogens (tertiary/aromatic N) is 3. The monoisotopic (exact) mass is 436 g/mol. The lowest BCUT2D eigenvalue weighted by Crippen LogP contribution is -2.52. The maximum atomic E-state index is 12.9. The number of thiophene rings is 1. The lowest BCUT2D eigenvalue weighted by Gasteiger charge is -2.29. The fraction of sp³-hybridized carbons (Fsp3) is 0.273. The predicted molar refractivity (Wildman–Crippen MR) is 115 cm³/mol. The van der Waals surface area contributed by atoms with E-state index in [2.05, 4.69) is 10.3 Å². The molecule has 0 saturated carbocycles. The Balaban J connectivity index is 1.50. The topological polar surface area (TPSA) is 93.5 Å². The van der Waals surface area contributed by atoms with Crippen molar-refractivity contribution in [2.24, 2.45) is 7.05 Å². The Morgan fingerprint density at radius 1 is 1.23 bits per heavy atom. The normalized spacial score (nSPS) is 18.3. The number of methoxy groups -OCH3 is 1. The van der Waals surface area contributed by atoms with E-state index in [1.54, 1.807) is 35.7 Å². The number of benzene rings is 1. The molecule has 0 unspecified atom stereocenters. The Labute approximate surface area is 182 Å². The van der Waals surface area contributed by atoms with Crippen molar-refractivity contribution < 1.29 is 19.1 Å². The molecule has 1 fully saturated rings. The van der Waals surface area contributed by atoms with Crippen LogP contribution in [0.1, 0.15) is 28.8 Å². The van der Waals surface area contributed by atoms with Crippen LogP contribution in [0, 0.1) is 0 Å². The molecule has 0 bridgehead atoms. The summed E-state index contributed by atoms with van der Waals surface area (Å²) in [5, 5.41) is 4.31. The van der Waals surface area contributed by atoms with Gasteiger partial charge in [-0.15, -0.1) is 11.3 Å². The molecule has 1 atom stereocenters. The van der Waals surface area contributed by atoms with Crippen molar-refractivity contribution in [1.82, 2.24) is 19.8 Å². The summed E-state index contributed by atoms with van der Waals surface area (Å²) < 4.78 is 7.45. The molecule has 31 heavy (non-hydrogen) atoms. The first kappa shape index (κ1) is 19.5. The zero-order valence-electron chi connectivity index (χ0n) is 17.0. The highest BCUT2D eigenvalue weighted by Gasteiger charge is 2.39. The minimum atomic E-state index is -0.623. The number of fused-ring (bicyclic) bond motifs is 1. The van der Waals surface area contributed by atoms with Crippen molar-refractivity contribution >= 4 is 29.1 Å². The Morgan fingerprint density at radius 3 is 2.84 bits per heavy atom. The molecule has 0 aliphatic carbocycles. The Morgan fingerprint density at radius 2 is 2.06 bits per heavy atom. The van der Waals surface area contributed by atoms with E-state index in [4.69, 9.17) is 4.74 Å². The smallest absolute Gasteiger partial charge is 0.255 e. The molecule has 158 valence electrons. The van der Waals surface area contributed by atoms with Gasteiger partial charge in [0.15, 0.2) is 0 Å². The van der Waals surface area contributed by atoms with Crippen LogP contribution in [0.3, 0.4) is 0 Å². The highest BCUT2D eigenvalue weighted by atomic mass is 32.1. The molecule has 9 heteroatoms. The summed E-state index contributed by atoms with van der Waals surface area (Å²) in [6.07, 6.45) is 2.35. The molecule has 2 aliphatic rings. The van der Waals surface area contributed by atoms with Crippen LogP contribution in [0.25, 0.3) is 21.8 Å². The molecule has 2 aromatic heterocycles. The quantitative estimate of drug-likeness (QED) is 0.635. The molecule has 1 saturated heterocycles. The first-order valence-corrected chi connectivity index (χ1v) is 10.8. The molecule has 5 rings (SSSR count). The molecule has 3 amide bonds. The second-order valence-corrected chi connectivity index (χ2v) is 8.56. The van der Waals surface area contributed by atoms with Gasteiger partial charge in [0.25, 0.3) is 5.91 Å². The number of rotatable bonds is 4. The van der Waals surface area contributed by atoms with Crippen LogP contribution in [0.15, 0.2) is 36.0 Å². The van der Waals surface area contributed by atoms with E-state index in [1.165, 1.54) is 0 Å². The number of carbonyl (C=O) groups excluding carboxylic acids is 3. The van der Waals surface area contributed by atoms with E-state index >= 15 is 0 Å². The fourth-order valence-electron chi connectivity index (χ4n) is 4.26. The van der Waals surface area contributed by atoms with Gasteiger partial charge in [0.1, 0.15) is 11.8 Å². The van der Waals surface area contributed by atoms with Crippen LogP contribution in [0.4, 0.5) is 0 Å². The number of imidazole rings is 1. The molecule has 1 N–H and O–H groups in total. The summed E-state index contributed by atoms with van der Waals surface area (Å²) in [6, 6.07) is 6.95. The number of carbonyl (C=O) groups is 3. The third kappa shape index (κ3) is 3.12. The number of amides is 3. The summed E-state index contributed by atoms with van der Waals surface area (Å²) in [4.78, 5) is 43.8. The van der Waals surface area contributed by atoms with E-state index in [0.717, 1.165) is 33.1 Å². The molecule has 8 nitrogen and oxygen atoms in total. The summed E-state index contributed by atoms with van der Waals surface area (Å²) in [7, 11) is 3.58. The fourth-order valence-corrected chi connectivity index (χ4v) is 5.21. The molecule has 3 aromatic rings. The second kappa shape index (κ2) is 7.35. The van der Waals surface area contributed by atoms with Gasteiger partial charge in [-0.25, -0.2) is 4.98 Å². The van der Waals surface area contributed by atoms with Gasteiger partial charge < -0.3 is 14.2 Å². The number of piperidine rings is 1. The number of nitrogens with one attached hydrogen (secondary N) is 1.